The summed E-state index contributed by atoms with van der Waals surface area (Å²) in [5.74, 6) is -3.15. The Morgan fingerprint density at radius 2 is 1.54 bits per heavy atom. The molecule has 1 aliphatic heterocycles. The van der Waals surface area contributed by atoms with Gasteiger partial charge < -0.3 is 10.1 Å². The zero-order valence-electron chi connectivity index (χ0n) is 19.1. The number of aryl methyl sites for hydroxylation is 2. The van der Waals surface area contributed by atoms with Crippen LogP contribution in [0.4, 0.5) is 5.69 Å². The molecule has 3 rings (SSSR count). The molecule has 1 atom stereocenters. The first kappa shape index (κ1) is 27.3. The van der Waals surface area contributed by atoms with Gasteiger partial charge in [0.2, 0.25) is 0 Å². The molecule has 3 amide bonds. The zero-order chi connectivity index (χ0) is 26.0. The number of hydrogen-bond acceptors (Lipinski definition) is 5. The molecule has 0 fully saturated rings. The van der Waals surface area contributed by atoms with Gasteiger partial charge in [0, 0.05) is 5.69 Å². The van der Waals surface area contributed by atoms with E-state index >= 15 is 0 Å². The lowest BCUT2D eigenvalue weighted by Gasteiger charge is -2.24. The van der Waals surface area contributed by atoms with Crippen molar-refractivity contribution in [3.8, 4) is 0 Å². The molecule has 11 heteroatoms. The SMILES string of the molecule is CCCC[C@H](C(=O)OCC(=O)Nc1ccc(C)cc1C)N1C(=O)c2c(Cl)c(Cl)c(Cl)c(Cl)c2C1=O. The maximum Gasteiger partial charge on any atom is 0.329 e. The first-order valence-corrected chi connectivity index (χ1v) is 12.3. The minimum atomic E-state index is -1.29. The van der Waals surface area contributed by atoms with E-state index in [2.05, 4.69) is 5.32 Å². The third-order valence-electron chi connectivity index (χ3n) is 5.55. The Morgan fingerprint density at radius 3 is 2.06 bits per heavy atom. The van der Waals surface area contributed by atoms with E-state index in [0.29, 0.717) is 18.5 Å². The number of ether oxygens (including phenoxy) is 1. The fourth-order valence-corrected chi connectivity index (χ4v) is 4.79. The Hall–Kier alpha value is -2.32. The molecule has 0 aromatic heterocycles. The van der Waals surface area contributed by atoms with E-state index in [0.717, 1.165) is 16.0 Å². The molecule has 2 aromatic rings. The molecule has 0 spiro atoms. The Labute approximate surface area is 222 Å². The molecule has 0 unspecified atom stereocenters. The van der Waals surface area contributed by atoms with Crippen molar-refractivity contribution >= 4 is 75.8 Å². The number of unbranched alkanes of at least 4 members (excludes halogenated alkanes) is 1. The van der Waals surface area contributed by atoms with Gasteiger partial charge in [-0.05, 0) is 31.9 Å². The zero-order valence-corrected chi connectivity index (χ0v) is 22.2. The van der Waals surface area contributed by atoms with Gasteiger partial charge in [-0.15, -0.1) is 0 Å². The van der Waals surface area contributed by atoms with Crippen molar-refractivity contribution in [2.45, 2.75) is 46.1 Å². The van der Waals surface area contributed by atoms with Crippen LogP contribution in [0.15, 0.2) is 18.2 Å². The molecule has 1 heterocycles. The van der Waals surface area contributed by atoms with Crippen LogP contribution >= 0.6 is 46.4 Å². The number of benzene rings is 2. The van der Waals surface area contributed by atoms with Gasteiger partial charge in [0.25, 0.3) is 17.7 Å². The summed E-state index contributed by atoms with van der Waals surface area (Å²) in [5, 5.41) is 1.88. The summed E-state index contributed by atoms with van der Waals surface area (Å²) in [7, 11) is 0. The van der Waals surface area contributed by atoms with Crippen LogP contribution in [0.1, 0.15) is 58.0 Å². The van der Waals surface area contributed by atoms with Crippen LogP contribution in [0.5, 0.6) is 0 Å². The normalized spacial score (nSPS) is 13.6. The average molecular weight is 560 g/mol. The molecule has 0 aliphatic carbocycles. The predicted molar refractivity (Wildman–Crippen MR) is 136 cm³/mol. The van der Waals surface area contributed by atoms with Gasteiger partial charge in [-0.3, -0.25) is 19.3 Å². The average Bonchev–Trinajstić information content (AvgIpc) is 3.07. The van der Waals surface area contributed by atoms with Crippen LogP contribution in [-0.2, 0) is 14.3 Å². The molecule has 1 N–H and O–H groups in total. The summed E-state index contributed by atoms with van der Waals surface area (Å²) in [5.41, 5.74) is 2.02. The molecule has 0 saturated heterocycles. The smallest absolute Gasteiger partial charge is 0.329 e. The number of hydrogen-bond donors (Lipinski definition) is 1. The maximum atomic E-state index is 13.2. The molecule has 186 valence electrons. The number of esters is 1. The van der Waals surface area contributed by atoms with Crippen LogP contribution < -0.4 is 5.32 Å². The highest BCUT2D eigenvalue weighted by Gasteiger charge is 2.47. The molecular weight excluding hydrogens is 538 g/mol. The minimum Gasteiger partial charge on any atom is -0.454 e. The Bertz CT molecular complexity index is 1180. The molecule has 2 aromatic carbocycles. The van der Waals surface area contributed by atoms with Gasteiger partial charge in [0.15, 0.2) is 6.61 Å². The van der Waals surface area contributed by atoms with Gasteiger partial charge in [-0.25, -0.2) is 4.79 Å². The number of imide groups is 1. The third-order valence-corrected chi connectivity index (χ3v) is 7.35. The van der Waals surface area contributed by atoms with Gasteiger partial charge in [0.05, 0.1) is 31.2 Å². The number of amides is 3. The molecule has 0 saturated carbocycles. The topological polar surface area (TPSA) is 92.8 Å². The van der Waals surface area contributed by atoms with Crippen molar-refractivity contribution in [3.05, 3.63) is 60.5 Å². The van der Waals surface area contributed by atoms with Crippen LogP contribution in [-0.4, -0.2) is 41.2 Å². The predicted octanol–water partition coefficient (Wildman–Crippen LogP) is 6.25. The van der Waals surface area contributed by atoms with Crippen molar-refractivity contribution in [2.24, 2.45) is 0 Å². The van der Waals surface area contributed by atoms with Crippen molar-refractivity contribution in [2.75, 3.05) is 11.9 Å². The quantitative estimate of drug-likeness (QED) is 0.178. The number of carbonyl (C=O) groups is 4. The largest absolute Gasteiger partial charge is 0.454 e. The van der Waals surface area contributed by atoms with E-state index in [1.165, 1.54) is 0 Å². The Kier molecular flexibility index (Phi) is 8.70. The third kappa shape index (κ3) is 5.43. The van der Waals surface area contributed by atoms with Crippen molar-refractivity contribution in [3.63, 3.8) is 0 Å². The van der Waals surface area contributed by atoms with Crippen LogP contribution in [0, 0.1) is 13.8 Å². The van der Waals surface area contributed by atoms with E-state index in [9.17, 15) is 19.2 Å². The summed E-state index contributed by atoms with van der Waals surface area (Å²) >= 11 is 24.5. The summed E-state index contributed by atoms with van der Waals surface area (Å²) < 4.78 is 5.20. The van der Waals surface area contributed by atoms with Crippen LogP contribution in [0.2, 0.25) is 20.1 Å². The monoisotopic (exact) mass is 558 g/mol. The standard InChI is InChI=1S/C24H22Cl4N2O5/c1-4-5-6-14(24(34)35-10-15(31)29-13-8-7-11(2)9-12(13)3)30-22(32)16-17(23(30)33)19(26)21(28)20(27)18(16)25/h7-9,14H,4-6,10H2,1-3H3,(H,29,31)/t14-/m1/s1. The second-order valence-electron chi connectivity index (χ2n) is 8.12. The summed E-state index contributed by atoms with van der Waals surface area (Å²) in [6.07, 6.45) is 1.31. The molecule has 0 radical (unpaired) electrons. The molecular formula is C24H22Cl4N2O5. The number of nitrogens with zero attached hydrogens (tertiary/aromatic N) is 1. The molecule has 7 nitrogen and oxygen atoms in total. The second-order valence-corrected chi connectivity index (χ2v) is 9.63. The lowest BCUT2D eigenvalue weighted by atomic mass is 10.1. The second kappa shape index (κ2) is 11.2. The van der Waals surface area contributed by atoms with E-state index < -0.39 is 36.3 Å². The fraction of sp³-hybridized carbons (Fsp3) is 0.333. The van der Waals surface area contributed by atoms with Gasteiger partial charge in [-0.2, -0.15) is 0 Å². The minimum absolute atomic E-state index is 0.121. The number of fused-ring (bicyclic) bond motifs is 1. The van der Waals surface area contributed by atoms with E-state index in [1.54, 1.807) is 6.07 Å². The highest BCUT2D eigenvalue weighted by Crippen LogP contribution is 2.45. The number of rotatable bonds is 8. The van der Waals surface area contributed by atoms with E-state index in [1.807, 2.05) is 32.9 Å². The van der Waals surface area contributed by atoms with E-state index in [4.69, 9.17) is 51.1 Å². The lowest BCUT2D eigenvalue weighted by Crippen LogP contribution is -2.46. The summed E-state index contributed by atoms with van der Waals surface area (Å²) in [6.45, 7) is 5.05. The summed E-state index contributed by atoms with van der Waals surface area (Å²) in [6, 6.07) is 4.20. The Balaban J connectivity index is 1.81. The van der Waals surface area contributed by atoms with Gasteiger partial charge in [-0.1, -0.05) is 83.9 Å². The molecule has 35 heavy (non-hydrogen) atoms. The fourth-order valence-electron chi connectivity index (χ4n) is 3.77. The van der Waals surface area contributed by atoms with Crippen LogP contribution in [0.3, 0.4) is 0 Å². The van der Waals surface area contributed by atoms with E-state index in [-0.39, 0.29) is 37.6 Å². The van der Waals surface area contributed by atoms with Crippen molar-refractivity contribution < 1.29 is 23.9 Å². The van der Waals surface area contributed by atoms with Gasteiger partial charge in [0.1, 0.15) is 6.04 Å². The summed E-state index contributed by atoms with van der Waals surface area (Å²) in [4.78, 5) is 52.5. The molecule has 1 aliphatic rings. The first-order valence-electron chi connectivity index (χ1n) is 10.8. The van der Waals surface area contributed by atoms with Crippen molar-refractivity contribution in [1.29, 1.82) is 0 Å². The number of anilines is 1. The number of halogens is 4. The highest BCUT2D eigenvalue weighted by atomic mass is 35.5. The number of carbonyl (C=O) groups excluding carboxylic acids is 4. The lowest BCUT2D eigenvalue weighted by molar-refractivity contribution is -0.151. The highest BCUT2D eigenvalue weighted by molar-refractivity contribution is 6.55. The first-order chi connectivity index (χ1) is 16.5. The Morgan fingerprint density at radius 1 is 0.971 bits per heavy atom. The molecule has 0 bridgehead atoms. The number of nitrogens with one attached hydrogen (secondary N) is 1. The maximum absolute atomic E-state index is 13.2. The van der Waals surface area contributed by atoms with Crippen LogP contribution in [0.25, 0.3) is 0 Å². The van der Waals surface area contributed by atoms with Crippen molar-refractivity contribution in [1.82, 2.24) is 4.90 Å². The van der Waals surface area contributed by atoms with Gasteiger partial charge >= 0.3 is 5.97 Å².